The largest absolute Gasteiger partial charge is 0.325 e. The van der Waals surface area contributed by atoms with Gasteiger partial charge in [0.2, 0.25) is 5.91 Å². The Hall–Kier alpha value is -3.21. The lowest BCUT2D eigenvalue weighted by molar-refractivity contribution is -0.116. The van der Waals surface area contributed by atoms with Gasteiger partial charge in [0.15, 0.2) is 0 Å². The molecule has 1 heterocycles. The highest BCUT2D eigenvalue weighted by Crippen LogP contribution is 2.16. The van der Waals surface area contributed by atoms with Crippen LogP contribution < -0.4 is 10.9 Å². The van der Waals surface area contributed by atoms with E-state index < -0.39 is 0 Å². The topological polar surface area (TPSA) is 64.0 Å². The van der Waals surface area contributed by atoms with Gasteiger partial charge in [-0.2, -0.15) is 0 Å². The second-order valence-corrected chi connectivity index (χ2v) is 6.13. The summed E-state index contributed by atoms with van der Waals surface area (Å²) in [7, 11) is 0. The number of nitrogens with zero attached hydrogens (tertiary/aromatic N) is 2. The first kappa shape index (κ1) is 17.6. The van der Waals surface area contributed by atoms with E-state index in [1.54, 1.807) is 0 Å². The Morgan fingerprint density at radius 2 is 1.85 bits per heavy atom. The van der Waals surface area contributed by atoms with Crippen LogP contribution in [0.2, 0.25) is 0 Å². The van der Waals surface area contributed by atoms with E-state index in [1.165, 1.54) is 10.6 Å². The average Bonchev–Trinajstić information content (AvgIpc) is 2.64. The van der Waals surface area contributed by atoms with Crippen LogP contribution in [-0.4, -0.2) is 15.5 Å². The van der Waals surface area contributed by atoms with Crippen LogP contribution >= 0.6 is 0 Å². The maximum atomic E-state index is 12.6. The van der Waals surface area contributed by atoms with Crippen molar-refractivity contribution in [1.29, 1.82) is 0 Å². The van der Waals surface area contributed by atoms with E-state index in [0.717, 1.165) is 11.1 Å². The SMILES string of the molecule is CCc1cc(=O)n(CC(=O)Nc2cccc(C)c2)c(-c2ccccc2)n1. The number of rotatable bonds is 5. The Bertz CT molecular complexity index is 978. The van der Waals surface area contributed by atoms with Crippen LogP contribution in [-0.2, 0) is 17.8 Å². The molecule has 0 aliphatic carbocycles. The first-order valence-electron chi connectivity index (χ1n) is 8.59. The highest BCUT2D eigenvalue weighted by molar-refractivity contribution is 5.90. The van der Waals surface area contributed by atoms with Crippen molar-refractivity contribution in [3.8, 4) is 11.4 Å². The average molecular weight is 347 g/mol. The summed E-state index contributed by atoms with van der Waals surface area (Å²) in [5.74, 6) is 0.246. The molecule has 0 fully saturated rings. The summed E-state index contributed by atoms with van der Waals surface area (Å²) < 4.78 is 1.42. The monoisotopic (exact) mass is 347 g/mol. The predicted octanol–water partition coefficient (Wildman–Crippen LogP) is 3.42. The zero-order chi connectivity index (χ0) is 18.5. The molecule has 26 heavy (non-hydrogen) atoms. The zero-order valence-electron chi connectivity index (χ0n) is 14.9. The summed E-state index contributed by atoms with van der Waals surface area (Å²) in [6.45, 7) is 3.82. The van der Waals surface area contributed by atoms with E-state index in [1.807, 2.05) is 68.4 Å². The lowest BCUT2D eigenvalue weighted by Crippen LogP contribution is -2.30. The Balaban J connectivity index is 1.94. The van der Waals surface area contributed by atoms with Crippen molar-refractivity contribution in [2.75, 3.05) is 5.32 Å². The molecule has 3 aromatic rings. The summed E-state index contributed by atoms with van der Waals surface area (Å²) >= 11 is 0. The molecular weight excluding hydrogens is 326 g/mol. The number of hydrogen-bond acceptors (Lipinski definition) is 3. The second-order valence-electron chi connectivity index (χ2n) is 6.13. The fourth-order valence-electron chi connectivity index (χ4n) is 2.76. The summed E-state index contributed by atoms with van der Waals surface area (Å²) in [6.07, 6.45) is 0.658. The van der Waals surface area contributed by atoms with E-state index in [-0.39, 0.29) is 18.0 Å². The smallest absolute Gasteiger partial charge is 0.254 e. The Kier molecular flexibility index (Phi) is 5.27. The number of benzene rings is 2. The van der Waals surface area contributed by atoms with Crippen LogP contribution in [0.5, 0.6) is 0 Å². The van der Waals surface area contributed by atoms with E-state index >= 15 is 0 Å². The highest BCUT2D eigenvalue weighted by Gasteiger charge is 2.13. The zero-order valence-corrected chi connectivity index (χ0v) is 14.9. The van der Waals surface area contributed by atoms with E-state index in [9.17, 15) is 9.59 Å². The summed E-state index contributed by atoms with van der Waals surface area (Å²) in [4.78, 5) is 29.6. The van der Waals surface area contributed by atoms with Crippen LogP contribution in [0.15, 0.2) is 65.5 Å². The first-order chi connectivity index (χ1) is 12.6. The molecule has 1 N–H and O–H groups in total. The van der Waals surface area contributed by atoms with Gasteiger partial charge >= 0.3 is 0 Å². The van der Waals surface area contributed by atoms with Gasteiger partial charge in [-0.1, -0.05) is 49.4 Å². The summed E-state index contributed by atoms with van der Waals surface area (Å²) in [6, 6.07) is 18.5. The molecular formula is C21H21N3O2. The molecule has 0 saturated heterocycles. The third kappa shape index (κ3) is 4.06. The molecule has 0 unspecified atom stereocenters. The van der Waals surface area contributed by atoms with Crippen LogP contribution in [0.25, 0.3) is 11.4 Å². The highest BCUT2D eigenvalue weighted by atomic mass is 16.2. The van der Waals surface area contributed by atoms with Gasteiger partial charge in [0.05, 0.1) is 0 Å². The molecule has 0 atom stereocenters. The Morgan fingerprint density at radius 1 is 1.08 bits per heavy atom. The maximum Gasteiger partial charge on any atom is 0.254 e. The number of aryl methyl sites for hydroxylation is 2. The maximum absolute atomic E-state index is 12.6. The second kappa shape index (κ2) is 7.78. The molecule has 2 aromatic carbocycles. The molecule has 0 saturated carbocycles. The van der Waals surface area contributed by atoms with Crippen molar-refractivity contribution < 1.29 is 4.79 Å². The minimum Gasteiger partial charge on any atom is -0.325 e. The van der Waals surface area contributed by atoms with Gasteiger partial charge in [-0.3, -0.25) is 14.2 Å². The molecule has 5 nitrogen and oxygen atoms in total. The minimum atomic E-state index is -0.263. The van der Waals surface area contributed by atoms with Crippen LogP contribution in [0, 0.1) is 6.92 Å². The van der Waals surface area contributed by atoms with Crippen molar-refractivity contribution in [2.24, 2.45) is 0 Å². The van der Waals surface area contributed by atoms with Gasteiger partial charge < -0.3 is 5.32 Å². The molecule has 0 aliphatic heterocycles. The number of aromatic nitrogens is 2. The van der Waals surface area contributed by atoms with Crippen LogP contribution in [0.4, 0.5) is 5.69 Å². The van der Waals surface area contributed by atoms with Crippen molar-refractivity contribution in [2.45, 2.75) is 26.8 Å². The van der Waals surface area contributed by atoms with E-state index in [4.69, 9.17) is 0 Å². The van der Waals surface area contributed by atoms with E-state index in [2.05, 4.69) is 10.3 Å². The molecule has 0 spiro atoms. The number of carbonyl (C=O) groups is 1. The Morgan fingerprint density at radius 3 is 2.54 bits per heavy atom. The lowest BCUT2D eigenvalue weighted by atomic mass is 10.2. The van der Waals surface area contributed by atoms with Gasteiger partial charge in [-0.05, 0) is 31.0 Å². The summed E-state index contributed by atoms with van der Waals surface area (Å²) in [5.41, 5.74) is 3.06. The van der Waals surface area contributed by atoms with Gasteiger partial charge in [0.1, 0.15) is 12.4 Å². The first-order valence-corrected chi connectivity index (χ1v) is 8.59. The molecule has 0 aliphatic rings. The normalized spacial score (nSPS) is 10.5. The van der Waals surface area contributed by atoms with Crippen LogP contribution in [0.1, 0.15) is 18.2 Å². The number of carbonyl (C=O) groups excluding carboxylic acids is 1. The molecule has 1 amide bonds. The molecule has 0 bridgehead atoms. The van der Waals surface area contributed by atoms with Crippen LogP contribution in [0.3, 0.4) is 0 Å². The van der Waals surface area contributed by atoms with Crippen molar-refractivity contribution in [1.82, 2.24) is 9.55 Å². The molecule has 1 aromatic heterocycles. The quantitative estimate of drug-likeness (QED) is 0.769. The number of hydrogen-bond donors (Lipinski definition) is 1. The summed E-state index contributed by atoms with van der Waals surface area (Å²) in [5, 5.41) is 2.84. The molecule has 0 radical (unpaired) electrons. The van der Waals surface area contributed by atoms with Crippen molar-refractivity contribution >= 4 is 11.6 Å². The van der Waals surface area contributed by atoms with Gasteiger partial charge in [-0.25, -0.2) is 4.98 Å². The fraction of sp³-hybridized carbons (Fsp3) is 0.190. The molecule has 3 rings (SSSR count). The minimum absolute atomic E-state index is 0.0893. The van der Waals surface area contributed by atoms with Crippen molar-refractivity contribution in [3.05, 3.63) is 82.3 Å². The number of amides is 1. The molecule has 5 heteroatoms. The van der Waals surface area contributed by atoms with E-state index in [0.29, 0.717) is 23.6 Å². The van der Waals surface area contributed by atoms with Gasteiger partial charge in [0, 0.05) is 23.0 Å². The predicted molar refractivity (Wildman–Crippen MR) is 103 cm³/mol. The fourth-order valence-corrected chi connectivity index (χ4v) is 2.76. The van der Waals surface area contributed by atoms with Gasteiger partial charge in [-0.15, -0.1) is 0 Å². The number of nitrogens with one attached hydrogen (secondary N) is 1. The standard InChI is InChI=1S/C21H21N3O2/c1-3-17-13-20(26)24(21(23-17)16-9-5-4-6-10-16)14-19(25)22-18-11-7-8-15(2)12-18/h4-13H,3,14H2,1-2H3,(H,22,25). The molecule has 132 valence electrons. The third-order valence-electron chi connectivity index (χ3n) is 4.06. The number of anilines is 1. The van der Waals surface area contributed by atoms with Gasteiger partial charge in [0.25, 0.3) is 5.56 Å². The van der Waals surface area contributed by atoms with Crippen molar-refractivity contribution in [3.63, 3.8) is 0 Å². The third-order valence-corrected chi connectivity index (χ3v) is 4.06. The lowest BCUT2D eigenvalue weighted by Gasteiger charge is -2.13. The Labute approximate surface area is 152 Å².